The number of hydrogen-bond acceptors (Lipinski definition) is 4. The highest BCUT2D eigenvalue weighted by Crippen LogP contribution is 2.15. The van der Waals surface area contributed by atoms with E-state index in [1.54, 1.807) is 36.5 Å². The van der Waals surface area contributed by atoms with Crippen LogP contribution in [-0.4, -0.2) is 29.0 Å². The first kappa shape index (κ1) is 18.7. The van der Waals surface area contributed by atoms with E-state index >= 15 is 0 Å². The fourth-order valence-corrected chi connectivity index (χ4v) is 2.49. The highest BCUT2D eigenvalue weighted by molar-refractivity contribution is 6.30. The Labute approximate surface area is 162 Å². The molecule has 5 nitrogen and oxygen atoms in total. The monoisotopic (exact) mass is 382 g/mol. The zero-order valence-corrected chi connectivity index (χ0v) is 15.4. The van der Waals surface area contributed by atoms with Gasteiger partial charge in [-0.15, -0.1) is 0 Å². The van der Waals surface area contributed by atoms with Crippen molar-refractivity contribution in [3.8, 4) is 5.75 Å². The molecule has 0 aliphatic heterocycles. The van der Waals surface area contributed by atoms with Gasteiger partial charge in [0.05, 0.1) is 12.7 Å². The van der Waals surface area contributed by atoms with Crippen LogP contribution in [0.25, 0.3) is 6.08 Å². The predicted octanol–water partition coefficient (Wildman–Crippen LogP) is 4.22. The maximum Gasteiger partial charge on any atom is 0.330 e. The van der Waals surface area contributed by atoms with Crippen LogP contribution >= 0.6 is 11.6 Å². The minimum absolute atomic E-state index is 0.166. The average molecular weight is 383 g/mol. The van der Waals surface area contributed by atoms with E-state index in [1.807, 2.05) is 41.2 Å². The molecule has 0 N–H and O–H groups in total. The van der Waals surface area contributed by atoms with Crippen molar-refractivity contribution in [2.45, 2.75) is 6.54 Å². The van der Waals surface area contributed by atoms with Gasteiger partial charge in [-0.05, 0) is 35.9 Å². The molecular weight excluding hydrogens is 364 g/mol. The lowest BCUT2D eigenvalue weighted by Gasteiger charge is -2.06. The minimum atomic E-state index is -0.425. The molecule has 0 atom stereocenters. The van der Waals surface area contributed by atoms with E-state index < -0.39 is 5.97 Å². The molecule has 0 radical (unpaired) electrons. The SMILES string of the molecule is O=C(/C=C/c1cnn(Cc2ccccc2)c1)OCCOc1ccc(Cl)cc1. The largest absolute Gasteiger partial charge is 0.490 e. The molecule has 0 unspecified atom stereocenters. The Kier molecular flexibility index (Phi) is 6.66. The molecule has 27 heavy (non-hydrogen) atoms. The summed E-state index contributed by atoms with van der Waals surface area (Å²) in [5, 5.41) is 4.93. The van der Waals surface area contributed by atoms with Gasteiger partial charge in [0, 0.05) is 22.9 Å². The van der Waals surface area contributed by atoms with Crippen LogP contribution in [-0.2, 0) is 16.1 Å². The topological polar surface area (TPSA) is 53.4 Å². The van der Waals surface area contributed by atoms with Crippen molar-refractivity contribution in [3.63, 3.8) is 0 Å². The molecule has 2 aromatic carbocycles. The highest BCUT2D eigenvalue weighted by atomic mass is 35.5. The van der Waals surface area contributed by atoms with Crippen LogP contribution in [0.3, 0.4) is 0 Å². The third-order valence-electron chi connectivity index (χ3n) is 3.66. The van der Waals surface area contributed by atoms with Crippen molar-refractivity contribution in [1.82, 2.24) is 9.78 Å². The van der Waals surface area contributed by atoms with E-state index in [-0.39, 0.29) is 13.2 Å². The molecule has 6 heteroatoms. The number of nitrogens with zero attached hydrogens (tertiary/aromatic N) is 2. The van der Waals surface area contributed by atoms with Gasteiger partial charge in [-0.25, -0.2) is 4.79 Å². The number of rotatable bonds is 8. The summed E-state index contributed by atoms with van der Waals surface area (Å²) in [5.41, 5.74) is 2.00. The molecule has 138 valence electrons. The molecule has 0 fully saturated rings. The quantitative estimate of drug-likeness (QED) is 0.332. The van der Waals surface area contributed by atoms with E-state index in [0.717, 1.165) is 11.1 Å². The number of halogens is 1. The Morgan fingerprint density at radius 1 is 1.07 bits per heavy atom. The summed E-state index contributed by atoms with van der Waals surface area (Å²) in [6.45, 7) is 1.12. The van der Waals surface area contributed by atoms with Gasteiger partial charge in [0.1, 0.15) is 19.0 Å². The molecule has 3 rings (SSSR count). The van der Waals surface area contributed by atoms with Gasteiger partial charge in [0.25, 0.3) is 0 Å². The second-order valence-electron chi connectivity index (χ2n) is 5.76. The van der Waals surface area contributed by atoms with Gasteiger partial charge in [-0.3, -0.25) is 4.68 Å². The van der Waals surface area contributed by atoms with Gasteiger partial charge in [0.2, 0.25) is 0 Å². The van der Waals surface area contributed by atoms with E-state index in [4.69, 9.17) is 21.1 Å². The van der Waals surface area contributed by atoms with Crippen LogP contribution < -0.4 is 4.74 Å². The molecule has 0 aliphatic carbocycles. The molecule has 1 aromatic heterocycles. The van der Waals surface area contributed by atoms with Crippen LogP contribution in [0.4, 0.5) is 0 Å². The second kappa shape index (κ2) is 9.59. The Balaban J connectivity index is 1.40. The van der Waals surface area contributed by atoms with Crippen molar-refractivity contribution < 1.29 is 14.3 Å². The van der Waals surface area contributed by atoms with E-state index in [2.05, 4.69) is 5.10 Å². The zero-order chi connectivity index (χ0) is 18.9. The summed E-state index contributed by atoms with van der Waals surface area (Å²) in [6.07, 6.45) is 6.64. The van der Waals surface area contributed by atoms with Gasteiger partial charge < -0.3 is 9.47 Å². The third kappa shape index (κ3) is 6.31. The van der Waals surface area contributed by atoms with Gasteiger partial charge in [-0.1, -0.05) is 41.9 Å². The fraction of sp³-hybridized carbons (Fsp3) is 0.143. The van der Waals surface area contributed by atoms with Crippen molar-refractivity contribution in [2.24, 2.45) is 0 Å². The van der Waals surface area contributed by atoms with Crippen LogP contribution in [0.2, 0.25) is 5.02 Å². The first-order valence-corrected chi connectivity index (χ1v) is 8.86. The number of esters is 1. The zero-order valence-electron chi connectivity index (χ0n) is 14.6. The molecule has 0 aliphatic rings. The third-order valence-corrected chi connectivity index (χ3v) is 3.91. The maximum atomic E-state index is 11.8. The van der Waals surface area contributed by atoms with Gasteiger partial charge >= 0.3 is 5.97 Å². The van der Waals surface area contributed by atoms with E-state index in [1.165, 1.54) is 6.08 Å². The molecular formula is C21H19ClN2O3. The van der Waals surface area contributed by atoms with Gasteiger partial charge in [0.15, 0.2) is 0 Å². The molecule has 0 amide bonds. The summed E-state index contributed by atoms with van der Waals surface area (Å²) in [4.78, 5) is 11.8. The number of ether oxygens (including phenoxy) is 2. The summed E-state index contributed by atoms with van der Waals surface area (Å²) in [6, 6.07) is 17.0. The van der Waals surface area contributed by atoms with Crippen molar-refractivity contribution in [2.75, 3.05) is 13.2 Å². The molecule has 0 saturated carbocycles. The highest BCUT2D eigenvalue weighted by Gasteiger charge is 2.01. The molecule has 0 spiro atoms. The molecule has 1 heterocycles. The van der Waals surface area contributed by atoms with Crippen LogP contribution in [0.1, 0.15) is 11.1 Å². The maximum absolute atomic E-state index is 11.8. The van der Waals surface area contributed by atoms with E-state index in [9.17, 15) is 4.79 Å². The van der Waals surface area contributed by atoms with Crippen LogP contribution in [0, 0.1) is 0 Å². The number of benzene rings is 2. The average Bonchev–Trinajstić information content (AvgIpc) is 3.13. The number of carbonyl (C=O) groups excluding carboxylic acids is 1. The Morgan fingerprint density at radius 2 is 1.85 bits per heavy atom. The number of carbonyl (C=O) groups is 1. The standard InChI is InChI=1S/C21H19ClN2O3/c22-19-7-9-20(10-8-19)26-12-13-27-21(25)11-6-18-14-23-24(16-18)15-17-4-2-1-3-5-17/h1-11,14,16H,12-13,15H2/b11-6+. The number of hydrogen-bond donors (Lipinski definition) is 0. The summed E-state index contributed by atoms with van der Waals surface area (Å²) in [5.74, 6) is 0.252. The molecule has 0 saturated heterocycles. The Hall–Kier alpha value is -3.05. The second-order valence-corrected chi connectivity index (χ2v) is 6.20. The van der Waals surface area contributed by atoms with Gasteiger partial charge in [-0.2, -0.15) is 5.10 Å². The van der Waals surface area contributed by atoms with Crippen molar-refractivity contribution in [1.29, 1.82) is 0 Å². The first-order valence-electron chi connectivity index (χ1n) is 8.48. The molecule has 0 bridgehead atoms. The van der Waals surface area contributed by atoms with Crippen molar-refractivity contribution >= 4 is 23.6 Å². The number of aromatic nitrogens is 2. The summed E-state index contributed by atoms with van der Waals surface area (Å²) >= 11 is 5.80. The summed E-state index contributed by atoms with van der Waals surface area (Å²) in [7, 11) is 0. The Morgan fingerprint density at radius 3 is 2.63 bits per heavy atom. The minimum Gasteiger partial charge on any atom is -0.490 e. The lowest BCUT2D eigenvalue weighted by Crippen LogP contribution is -2.10. The smallest absolute Gasteiger partial charge is 0.330 e. The fourth-order valence-electron chi connectivity index (χ4n) is 2.37. The lowest BCUT2D eigenvalue weighted by atomic mass is 10.2. The Bertz CT molecular complexity index is 889. The van der Waals surface area contributed by atoms with Crippen LogP contribution in [0.15, 0.2) is 73.1 Å². The lowest BCUT2D eigenvalue weighted by molar-refractivity contribution is -0.138. The van der Waals surface area contributed by atoms with Crippen molar-refractivity contribution in [3.05, 3.63) is 89.2 Å². The van der Waals surface area contributed by atoms with Crippen LogP contribution in [0.5, 0.6) is 5.75 Å². The first-order chi connectivity index (χ1) is 13.2. The summed E-state index contributed by atoms with van der Waals surface area (Å²) < 4.78 is 12.4. The molecule has 3 aromatic rings. The normalized spacial score (nSPS) is 10.9. The van der Waals surface area contributed by atoms with E-state index in [0.29, 0.717) is 17.3 Å². The predicted molar refractivity (Wildman–Crippen MR) is 105 cm³/mol.